The summed E-state index contributed by atoms with van der Waals surface area (Å²) in [5, 5.41) is 14.9. The van der Waals surface area contributed by atoms with Gasteiger partial charge in [0.2, 0.25) is 11.0 Å². The predicted octanol–water partition coefficient (Wildman–Crippen LogP) is 3.36. The first-order valence-corrected chi connectivity index (χ1v) is 9.11. The van der Waals surface area contributed by atoms with Gasteiger partial charge < -0.3 is 5.32 Å². The van der Waals surface area contributed by atoms with Gasteiger partial charge in [-0.1, -0.05) is 56.7 Å². The summed E-state index contributed by atoms with van der Waals surface area (Å²) < 4.78 is 0. The van der Waals surface area contributed by atoms with E-state index in [1.807, 2.05) is 46.8 Å². The molecule has 2 amide bonds. The van der Waals surface area contributed by atoms with Crippen LogP contribution >= 0.6 is 11.3 Å². The van der Waals surface area contributed by atoms with Crippen LogP contribution in [0.5, 0.6) is 0 Å². The fourth-order valence-corrected chi connectivity index (χ4v) is 2.91. The quantitative estimate of drug-likeness (QED) is 0.827. The molecular weight excluding hydrogens is 336 g/mol. The Kier molecular flexibility index (Phi) is 6.25. The zero-order valence-corrected chi connectivity index (χ0v) is 16.0. The van der Waals surface area contributed by atoms with Crippen molar-refractivity contribution in [1.29, 1.82) is 0 Å². The van der Waals surface area contributed by atoms with Crippen LogP contribution in [0.15, 0.2) is 24.3 Å². The number of amides is 2. The lowest BCUT2D eigenvalue weighted by Crippen LogP contribution is -2.47. The minimum atomic E-state index is -0.653. The van der Waals surface area contributed by atoms with E-state index in [0.29, 0.717) is 10.7 Å². The molecule has 134 valence electrons. The molecule has 1 atom stereocenters. The molecule has 0 aliphatic rings. The highest BCUT2D eigenvalue weighted by molar-refractivity contribution is 7.15. The van der Waals surface area contributed by atoms with Crippen molar-refractivity contribution in [1.82, 2.24) is 15.5 Å². The minimum Gasteiger partial charge on any atom is -0.340 e. The molecule has 0 unspecified atom stereocenters. The fourth-order valence-electron chi connectivity index (χ4n) is 2.17. The van der Waals surface area contributed by atoms with Crippen LogP contribution < -0.4 is 10.6 Å². The van der Waals surface area contributed by atoms with Gasteiger partial charge in [0, 0.05) is 11.5 Å². The molecule has 1 aromatic heterocycles. The lowest BCUT2D eigenvalue weighted by molar-refractivity contribution is -0.118. The Morgan fingerprint density at radius 1 is 1.04 bits per heavy atom. The van der Waals surface area contributed by atoms with E-state index < -0.39 is 6.04 Å². The van der Waals surface area contributed by atoms with Crippen LogP contribution in [-0.4, -0.2) is 28.1 Å². The van der Waals surface area contributed by atoms with E-state index in [-0.39, 0.29) is 23.7 Å². The number of nitrogens with zero attached hydrogens (tertiary/aromatic N) is 2. The summed E-state index contributed by atoms with van der Waals surface area (Å²) >= 11 is 1.35. The molecule has 2 aromatic rings. The highest BCUT2D eigenvalue weighted by Gasteiger charge is 2.25. The van der Waals surface area contributed by atoms with Gasteiger partial charge in [0.25, 0.3) is 5.91 Å². The molecule has 0 saturated carbocycles. The molecule has 7 heteroatoms. The molecule has 0 saturated heterocycles. The third kappa shape index (κ3) is 5.09. The molecule has 1 aromatic carbocycles. The third-order valence-electron chi connectivity index (χ3n) is 3.71. The molecule has 0 aliphatic carbocycles. The number of aryl methyl sites for hydroxylation is 1. The average molecular weight is 360 g/mol. The Morgan fingerprint density at radius 2 is 1.68 bits per heavy atom. The van der Waals surface area contributed by atoms with E-state index in [0.717, 1.165) is 10.6 Å². The molecule has 0 fully saturated rings. The number of aromatic nitrogens is 2. The van der Waals surface area contributed by atoms with Crippen molar-refractivity contribution in [3.63, 3.8) is 0 Å². The topological polar surface area (TPSA) is 84.0 Å². The van der Waals surface area contributed by atoms with Crippen molar-refractivity contribution in [2.75, 3.05) is 5.32 Å². The van der Waals surface area contributed by atoms with Gasteiger partial charge in [-0.05, 0) is 25.0 Å². The summed E-state index contributed by atoms with van der Waals surface area (Å²) in [5.74, 6) is -0.368. The highest BCUT2D eigenvalue weighted by Crippen LogP contribution is 2.22. The minimum absolute atomic E-state index is 0.0631. The second-order valence-electron chi connectivity index (χ2n) is 6.65. The van der Waals surface area contributed by atoms with Crippen LogP contribution in [0.2, 0.25) is 0 Å². The maximum atomic E-state index is 12.6. The summed E-state index contributed by atoms with van der Waals surface area (Å²) in [6.45, 7) is 9.77. The average Bonchev–Trinajstić information content (AvgIpc) is 3.01. The lowest BCUT2D eigenvalue weighted by Gasteiger charge is -2.21. The van der Waals surface area contributed by atoms with Gasteiger partial charge in [-0.2, -0.15) is 0 Å². The molecule has 0 spiro atoms. The van der Waals surface area contributed by atoms with E-state index >= 15 is 0 Å². The van der Waals surface area contributed by atoms with Crippen molar-refractivity contribution in [3.8, 4) is 0 Å². The van der Waals surface area contributed by atoms with E-state index in [2.05, 4.69) is 20.8 Å². The number of hydrogen-bond acceptors (Lipinski definition) is 5. The van der Waals surface area contributed by atoms with Gasteiger partial charge in [-0.25, -0.2) is 0 Å². The first-order valence-electron chi connectivity index (χ1n) is 8.29. The molecule has 0 bridgehead atoms. The molecule has 6 nitrogen and oxygen atoms in total. The van der Waals surface area contributed by atoms with Crippen LogP contribution in [0.25, 0.3) is 0 Å². The van der Waals surface area contributed by atoms with Crippen LogP contribution in [0.1, 0.15) is 54.5 Å². The van der Waals surface area contributed by atoms with Crippen LogP contribution in [0, 0.1) is 12.8 Å². The summed E-state index contributed by atoms with van der Waals surface area (Å²) in [4.78, 5) is 25.0. The molecule has 25 heavy (non-hydrogen) atoms. The molecule has 2 N–H and O–H groups in total. The maximum absolute atomic E-state index is 12.6. The Morgan fingerprint density at radius 3 is 2.20 bits per heavy atom. The van der Waals surface area contributed by atoms with Crippen LogP contribution in [-0.2, 0) is 4.79 Å². The number of anilines is 1. The van der Waals surface area contributed by atoms with Gasteiger partial charge in [0.1, 0.15) is 11.0 Å². The predicted molar refractivity (Wildman–Crippen MR) is 99.9 cm³/mol. The van der Waals surface area contributed by atoms with Crippen LogP contribution in [0.4, 0.5) is 5.13 Å². The maximum Gasteiger partial charge on any atom is 0.251 e. The monoisotopic (exact) mass is 360 g/mol. The van der Waals surface area contributed by atoms with Crippen molar-refractivity contribution in [2.24, 2.45) is 5.92 Å². The van der Waals surface area contributed by atoms with E-state index in [1.54, 1.807) is 12.1 Å². The molecule has 0 aliphatic heterocycles. The standard InChI is InChI=1S/C18H24N4O2S/c1-10(2)14(19-15(23)13-8-6-12(5)7-9-13)16(24)20-18-22-21-17(25-18)11(3)4/h6-11,14H,1-5H3,(H,19,23)(H,20,22,24)/t14-/m1/s1. The summed E-state index contributed by atoms with van der Waals surface area (Å²) in [6, 6.07) is 6.58. The lowest BCUT2D eigenvalue weighted by atomic mass is 10.0. The molecule has 0 radical (unpaired) electrons. The Hall–Kier alpha value is -2.28. The van der Waals surface area contributed by atoms with E-state index in [9.17, 15) is 9.59 Å². The SMILES string of the molecule is Cc1ccc(C(=O)N[C@@H](C(=O)Nc2nnc(C(C)C)s2)C(C)C)cc1. The van der Waals surface area contributed by atoms with Crippen LogP contribution in [0.3, 0.4) is 0 Å². The van der Waals surface area contributed by atoms with Gasteiger partial charge in [0.05, 0.1) is 0 Å². The Balaban J connectivity index is 2.07. The Bertz CT molecular complexity index is 738. The number of benzene rings is 1. The number of carbonyl (C=O) groups excluding carboxylic acids is 2. The molecular formula is C18H24N4O2S. The van der Waals surface area contributed by atoms with Crippen molar-refractivity contribution < 1.29 is 9.59 Å². The third-order valence-corrected chi connectivity index (χ3v) is 4.85. The Labute approximate surface area is 152 Å². The number of carbonyl (C=O) groups is 2. The second-order valence-corrected chi connectivity index (χ2v) is 7.66. The van der Waals surface area contributed by atoms with E-state index in [4.69, 9.17) is 0 Å². The zero-order valence-electron chi connectivity index (χ0n) is 15.2. The van der Waals surface area contributed by atoms with E-state index in [1.165, 1.54) is 11.3 Å². The van der Waals surface area contributed by atoms with Crippen molar-refractivity contribution in [2.45, 2.75) is 46.6 Å². The van der Waals surface area contributed by atoms with Gasteiger partial charge >= 0.3 is 0 Å². The van der Waals surface area contributed by atoms with Crippen molar-refractivity contribution >= 4 is 28.3 Å². The fraction of sp³-hybridized carbons (Fsp3) is 0.444. The van der Waals surface area contributed by atoms with Gasteiger partial charge in [-0.3, -0.25) is 14.9 Å². The molecule has 1 heterocycles. The van der Waals surface area contributed by atoms with Crippen molar-refractivity contribution in [3.05, 3.63) is 40.4 Å². The van der Waals surface area contributed by atoms with Gasteiger partial charge in [0.15, 0.2) is 0 Å². The normalized spacial score (nSPS) is 12.3. The highest BCUT2D eigenvalue weighted by atomic mass is 32.1. The number of rotatable bonds is 6. The second kappa shape index (κ2) is 8.20. The smallest absolute Gasteiger partial charge is 0.251 e. The first-order chi connectivity index (χ1) is 11.8. The largest absolute Gasteiger partial charge is 0.340 e. The summed E-state index contributed by atoms with van der Waals surface area (Å²) in [5.41, 5.74) is 1.61. The zero-order chi connectivity index (χ0) is 18.6. The number of hydrogen-bond donors (Lipinski definition) is 2. The molecule has 2 rings (SSSR count). The summed E-state index contributed by atoms with van der Waals surface area (Å²) in [6.07, 6.45) is 0. The number of nitrogens with one attached hydrogen (secondary N) is 2. The van der Waals surface area contributed by atoms with Gasteiger partial charge in [-0.15, -0.1) is 10.2 Å². The first kappa shape index (κ1) is 19.1. The summed E-state index contributed by atoms with van der Waals surface area (Å²) in [7, 11) is 0.